The van der Waals surface area contributed by atoms with Crippen molar-refractivity contribution in [3.05, 3.63) is 85.2 Å². The number of hydrogen-bond acceptors (Lipinski definition) is 2. The molecule has 1 heterocycles. The molecule has 0 aliphatic heterocycles. The Morgan fingerprint density at radius 1 is 0.708 bits per heavy atom. The Morgan fingerprint density at radius 2 is 1.33 bits per heavy atom. The van der Waals surface area contributed by atoms with E-state index >= 15 is 0 Å². The van der Waals surface area contributed by atoms with Gasteiger partial charge >= 0.3 is 0 Å². The Bertz CT molecular complexity index is 1100. The molecule has 0 spiro atoms. The second kappa shape index (κ2) is 5.62. The number of sulfone groups is 1. The van der Waals surface area contributed by atoms with Crippen molar-refractivity contribution in [1.82, 2.24) is 4.98 Å². The third-order valence-electron chi connectivity index (χ3n) is 3.99. The molecule has 0 atom stereocenters. The first-order valence-corrected chi connectivity index (χ1v) is 9.03. The normalized spacial score (nSPS) is 11.7. The van der Waals surface area contributed by atoms with Crippen molar-refractivity contribution in [3.8, 4) is 5.69 Å². The number of benzene rings is 3. The van der Waals surface area contributed by atoms with Crippen molar-refractivity contribution in [2.45, 2.75) is 9.79 Å². The molecule has 4 rings (SSSR count). The monoisotopic (exact) mass is 335 g/mol. The number of nitrogens with zero attached hydrogens (tertiary/aromatic N) is 1. The largest absolute Gasteiger partial charge is 0.247 e. The first kappa shape index (κ1) is 14.7. The van der Waals surface area contributed by atoms with Crippen LogP contribution in [0.4, 0.5) is 0 Å². The lowest BCUT2D eigenvalue weighted by Crippen LogP contribution is -2.28. The van der Waals surface area contributed by atoms with Crippen LogP contribution in [0.3, 0.4) is 0 Å². The molecule has 0 bridgehead atoms. The van der Waals surface area contributed by atoms with Gasteiger partial charge in [0.1, 0.15) is 5.69 Å². The van der Waals surface area contributed by atoms with E-state index in [0.717, 1.165) is 16.7 Å². The summed E-state index contributed by atoms with van der Waals surface area (Å²) in [5.41, 5.74) is 2.97. The van der Waals surface area contributed by atoms with Gasteiger partial charge < -0.3 is 0 Å². The van der Waals surface area contributed by atoms with Crippen molar-refractivity contribution < 1.29 is 13.0 Å². The van der Waals surface area contributed by atoms with Crippen molar-refractivity contribution in [3.63, 3.8) is 0 Å². The first-order chi connectivity index (χ1) is 11.7. The van der Waals surface area contributed by atoms with E-state index in [1.54, 1.807) is 42.5 Å². The van der Waals surface area contributed by atoms with Crippen LogP contribution in [0.25, 0.3) is 16.7 Å². The summed E-state index contributed by atoms with van der Waals surface area (Å²) < 4.78 is 27.3. The Balaban J connectivity index is 1.76. The van der Waals surface area contributed by atoms with Crippen LogP contribution in [0.2, 0.25) is 0 Å². The van der Waals surface area contributed by atoms with Crippen molar-refractivity contribution in [2.75, 3.05) is 0 Å². The van der Waals surface area contributed by atoms with E-state index in [1.165, 1.54) is 0 Å². The summed E-state index contributed by atoms with van der Waals surface area (Å²) in [6, 6.07) is 23.3. The highest BCUT2D eigenvalue weighted by molar-refractivity contribution is 7.91. The topological polar surface area (TPSA) is 53.8 Å². The summed E-state index contributed by atoms with van der Waals surface area (Å²) in [6.07, 6.45) is 1.87. The van der Waals surface area contributed by atoms with Gasteiger partial charge in [0.15, 0.2) is 11.0 Å². The number of aromatic nitrogens is 2. The van der Waals surface area contributed by atoms with E-state index in [4.69, 9.17) is 0 Å². The molecule has 0 radical (unpaired) electrons. The molecule has 4 aromatic rings. The third kappa shape index (κ3) is 2.39. The van der Waals surface area contributed by atoms with Gasteiger partial charge in [-0.1, -0.05) is 30.3 Å². The lowest BCUT2D eigenvalue weighted by molar-refractivity contribution is -0.567. The summed E-state index contributed by atoms with van der Waals surface area (Å²) in [6.45, 7) is 0. The van der Waals surface area contributed by atoms with E-state index in [2.05, 4.69) is 4.98 Å². The molecule has 0 unspecified atom stereocenters. The minimum Gasteiger partial charge on any atom is -0.243 e. The molecule has 0 fully saturated rings. The zero-order valence-corrected chi connectivity index (χ0v) is 13.6. The number of H-pyrrole nitrogens is 1. The maximum absolute atomic E-state index is 12.6. The Kier molecular flexibility index (Phi) is 3.43. The molecule has 0 aliphatic rings. The van der Waals surface area contributed by atoms with Gasteiger partial charge in [-0.05, 0) is 48.5 Å². The average Bonchev–Trinajstić information content (AvgIpc) is 3.07. The fourth-order valence-electron chi connectivity index (χ4n) is 2.74. The van der Waals surface area contributed by atoms with E-state index in [-0.39, 0.29) is 4.90 Å². The predicted molar refractivity (Wildman–Crippen MR) is 91.7 cm³/mol. The Morgan fingerprint density at radius 3 is 2.08 bits per heavy atom. The van der Waals surface area contributed by atoms with Crippen LogP contribution in [0.1, 0.15) is 0 Å². The summed E-state index contributed by atoms with van der Waals surface area (Å²) in [7, 11) is -3.48. The highest BCUT2D eigenvalue weighted by atomic mass is 32.2. The number of para-hydroxylation sites is 2. The number of fused-ring (bicyclic) bond motifs is 1. The fraction of sp³-hybridized carbons (Fsp3) is 0. The van der Waals surface area contributed by atoms with Gasteiger partial charge in [-0.15, -0.1) is 0 Å². The molecule has 118 valence electrons. The van der Waals surface area contributed by atoms with E-state index in [0.29, 0.717) is 4.90 Å². The number of rotatable bonds is 3. The first-order valence-electron chi connectivity index (χ1n) is 7.55. The zero-order valence-electron chi connectivity index (χ0n) is 12.8. The molecule has 3 aromatic carbocycles. The van der Waals surface area contributed by atoms with Gasteiger partial charge in [-0.2, -0.15) is 4.57 Å². The number of aromatic amines is 1. The molecule has 0 saturated carbocycles. The molecule has 0 saturated heterocycles. The van der Waals surface area contributed by atoms with Crippen LogP contribution >= 0.6 is 0 Å². The Hall–Kier alpha value is -2.92. The van der Waals surface area contributed by atoms with Gasteiger partial charge in [0.2, 0.25) is 16.2 Å². The SMILES string of the molecule is O=S(=O)(c1ccccc1)c1ccc(-[n+]2c[nH]c3ccccc32)cc1. The second-order valence-electron chi connectivity index (χ2n) is 5.47. The van der Waals surface area contributed by atoms with Crippen molar-refractivity contribution >= 4 is 20.9 Å². The van der Waals surface area contributed by atoms with Crippen LogP contribution in [0.15, 0.2) is 95.0 Å². The van der Waals surface area contributed by atoms with Crippen molar-refractivity contribution in [1.29, 1.82) is 0 Å². The van der Waals surface area contributed by atoms with E-state index in [1.807, 2.05) is 47.3 Å². The minimum atomic E-state index is -3.48. The number of nitrogens with one attached hydrogen (secondary N) is 1. The molecule has 0 amide bonds. The molecule has 5 heteroatoms. The van der Waals surface area contributed by atoms with E-state index in [9.17, 15) is 8.42 Å². The van der Waals surface area contributed by atoms with Crippen LogP contribution in [-0.2, 0) is 9.84 Å². The lowest BCUT2D eigenvalue weighted by Gasteiger charge is -2.05. The third-order valence-corrected chi connectivity index (χ3v) is 5.78. The minimum absolute atomic E-state index is 0.290. The number of hydrogen-bond donors (Lipinski definition) is 1. The maximum Gasteiger partial charge on any atom is 0.247 e. The van der Waals surface area contributed by atoms with Gasteiger partial charge in [-0.25, -0.2) is 13.4 Å². The summed E-state index contributed by atoms with van der Waals surface area (Å²) in [5.74, 6) is 0. The Labute approximate surface area is 139 Å². The van der Waals surface area contributed by atoms with Gasteiger partial charge in [0, 0.05) is 0 Å². The highest BCUT2D eigenvalue weighted by Gasteiger charge is 2.18. The number of imidazole rings is 1. The predicted octanol–water partition coefficient (Wildman–Crippen LogP) is 3.28. The molecule has 24 heavy (non-hydrogen) atoms. The maximum atomic E-state index is 12.6. The van der Waals surface area contributed by atoms with Gasteiger partial charge in [-0.3, -0.25) is 0 Å². The standard InChI is InChI=1S/C19H14N2O2S/c22-24(23,16-6-2-1-3-7-16)17-12-10-15(11-13-17)21-14-20-18-8-4-5-9-19(18)21/h1-14H/p+1. The van der Waals surface area contributed by atoms with E-state index < -0.39 is 9.84 Å². The highest BCUT2D eigenvalue weighted by Crippen LogP contribution is 2.21. The zero-order chi connectivity index (χ0) is 16.6. The molecular weight excluding hydrogens is 320 g/mol. The quantitative estimate of drug-likeness (QED) is 0.584. The summed E-state index contributed by atoms with van der Waals surface area (Å²) >= 11 is 0. The lowest BCUT2D eigenvalue weighted by atomic mass is 10.3. The van der Waals surface area contributed by atoms with Gasteiger partial charge in [0.25, 0.3) is 0 Å². The van der Waals surface area contributed by atoms with Crippen LogP contribution in [0.5, 0.6) is 0 Å². The van der Waals surface area contributed by atoms with Gasteiger partial charge in [0.05, 0.1) is 9.79 Å². The molecule has 0 aliphatic carbocycles. The molecule has 1 aromatic heterocycles. The fourth-order valence-corrected chi connectivity index (χ4v) is 4.03. The molecule has 4 nitrogen and oxygen atoms in total. The summed E-state index contributed by atoms with van der Waals surface area (Å²) in [4.78, 5) is 3.80. The van der Waals surface area contributed by atoms with Crippen LogP contribution in [-0.4, -0.2) is 13.4 Å². The smallest absolute Gasteiger partial charge is 0.243 e. The van der Waals surface area contributed by atoms with Crippen LogP contribution in [0, 0.1) is 0 Å². The van der Waals surface area contributed by atoms with Crippen molar-refractivity contribution in [2.24, 2.45) is 0 Å². The van der Waals surface area contributed by atoms with Crippen LogP contribution < -0.4 is 4.57 Å². The molecule has 1 N–H and O–H groups in total. The second-order valence-corrected chi connectivity index (χ2v) is 7.42. The molecular formula is C19H15N2O2S+. The summed E-state index contributed by atoms with van der Waals surface area (Å²) in [5, 5.41) is 0. The average molecular weight is 335 g/mol.